The summed E-state index contributed by atoms with van der Waals surface area (Å²) < 4.78 is 6.22. The summed E-state index contributed by atoms with van der Waals surface area (Å²) in [7, 11) is 1.73. The lowest BCUT2D eigenvalue weighted by Crippen LogP contribution is -2.37. The van der Waals surface area contributed by atoms with E-state index in [1.807, 2.05) is 18.2 Å². The lowest BCUT2D eigenvalue weighted by atomic mass is 10.1. The minimum Gasteiger partial charge on any atom is -0.384 e. The Bertz CT molecular complexity index is 488. The monoisotopic (exact) mass is 339 g/mol. The normalized spacial score (nSPS) is 15.9. The van der Waals surface area contributed by atoms with Gasteiger partial charge >= 0.3 is 0 Å². The van der Waals surface area contributed by atoms with Gasteiger partial charge in [0.25, 0.3) is 0 Å². The minimum absolute atomic E-state index is 0.0935. The molecule has 110 valence electrons. The highest BCUT2D eigenvalue weighted by Crippen LogP contribution is 2.38. The summed E-state index contributed by atoms with van der Waals surface area (Å²) in [4.78, 5) is 2.38. The van der Waals surface area contributed by atoms with Crippen molar-refractivity contribution < 1.29 is 4.74 Å². The molecule has 0 heterocycles. The summed E-state index contributed by atoms with van der Waals surface area (Å²) in [6, 6.07) is 6.36. The van der Waals surface area contributed by atoms with Crippen molar-refractivity contribution in [3.8, 4) is 0 Å². The summed E-state index contributed by atoms with van der Waals surface area (Å²) in [6.07, 6.45) is 2.63. The Morgan fingerprint density at radius 2 is 2.25 bits per heavy atom. The van der Waals surface area contributed by atoms with E-state index in [-0.39, 0.29) is 5.84 Å². The van der Waals surface area contributed by atoms with E-state index in [1.54, 1.807) is 7.11 Å². The Morgan fingerprint density at radius 1 is 1.55 bits per heavy atom. The van der Waals surface area contributed by atoms with Gasteiger partial charge in [-0.2, -0.15) is 0 Å². The van der Waals surface area contributed by atoms with Gasteiger partial charge in [0.1, 0.15) is 5.84 Å². The molecule has 20 heavy (non-hydrogen) atoms. The molecule has 0 saturated heterocycles. The SMILES string of the molecule is COCCN(c1ccc(C(=N)N)cc1Br)C(C)C1CC1. The number of anilines is 1. The molecular formula is C15H22BrN3O. The van der Waals surface area contributed by atoms with E-state index in [2.05, 4.69) is 27.8 Å². The van der Waals surface area contributed by atoms with Crippen LogP contribution >= 0.6 is 15.9 Å². The van der Waals surface area contributed by atoms with Gasteiger partial charge in [0.2, 0.25) is 0 Å². The lowest BCUT2D eigenvalue weighted by Gasteiger charge is -2.32. The molecule has 3 N–H and O–H groups in total. The van der Waals surface area contributed by atoms with E-state index in [4.69, 9.17) is 15.9 Å². The number of methoxy groups -OCH3 is 1. The largest absolute Gasteiger partial charge is 0.384 e. The van der Waals surface area contributed by atoms with E-state index < -0.39 is 0 Å². The maximum Gasteiger partial charge on any atom is 0.122 e. The van der Waals surface area contributed by atoms with Crippen molar-refractivity contribution in [3.63, 3.8) is 0 Å². The zero-order valence-electron chi connectivity index (χ0n) is 12.0. The second kappa shape index (κ2) is 6.59. The molecule has 0 aliphatic heterocycles. The maximum atomic E-state index is 7.51. The van der Waals surface area contributed by atoms with Crippen molar-refractivity contribution in [1.29, 1.82) is 5.41 Å². The Morgan fingerprint density at radius 3 is 2.75 bits per heavy atom. The van der Waals surface area contributed by atoms with Gasteiger partial charge in [-0.15, -0.1) is 0 Å². The molecule has 0 radical (unpaired) electrons. The summed E-state index contributed by atoms with van der Waals surface area (Å²) in [5.74, 6) is 0.877. The fraction of sp³-hybridized carbons (Fsp3) is 0.533. The standard InChI is InChI=1S/C15H22BrN3O/c1-10(11-3-4-11)19(7-8-20-2)14-6-5-12(15(17)18)9-13(14)16/h5-6,9-11H,3-4,7-8H2,1-2H3,(H3,17,18). The smallest absolute Gasteiger partial charge is 0.122 e. The van der Waals surface area contributed by atoms with Crippen molar-refractivity contribution in [1.82, 2.24) is 0 Å². The molecule has 2 rings (SSSR count). The molecule has 1 saturated carbocycles. The van der Waals surface area contributed by atoms with Crippen LogP contribution in [0.1, 0.15) is 25.3 Å². The maximum absolute atomic E-state index is 7.51. The number of nitrogens with zero attached hydrogens (tertiary/aromatic N) is 1. The van der Waals surface area contributed by atoms with Crippen LogP contribution in [0.2, 0.25) is 0 Å². The summed E-state index contributed by atoms with van der Waals surface area (Å²) in [6.45, 7) is 3.85. The highest BCUT2D eigenvalue weighted by atomic mass is 79.9. The molecule has 1 atom stereocenters. The Kier molecular flexibility index (Phi) is 5.05. The lowest BCUT2D eigenvalue weighted by molar-refractivity contribution is 0.202. The fourth-order valence-corrected chi connectivity index (χ4v) is 3.08. The molecule has 1 aliphatic carbocycles. The third-order valence-electron chi connectivity index (χ3n) is 3.90. The van der Waals surface area contributed by atoms with Gasteiger partial charge in [-0.3, -0.25) is 5.41 Å². The number of nitrogens with one attached hydrogen (secondary N) is 1. The number of benzene rings is 1. The van der Waals surface area contributed by atoms with Crippen LogP contribution in [0.25, 0.3) is 0 Å². The van der Waals surface area contributed by atoms with Gasteiger partial charge in [-0.25, -0.2) is 0 Å². The van der Waals surface area contributed by atoms with E-state index >= 15 is 0 Å². The van der Waals surface area contributed by atoms with Crippen LogP contribution in [0.15, 0.2) is 22.7 Å². The number of ether oxygens (including phenoxy) is 1. The van der Waals surface area contributed by atoms with Crippen LogP contribution in [0.3, 0.4) is 0 Å². The molecule has 5 heteroatoms. The van der Waals surface area contributed by atoms with Crippen LogP contribution < -0.4 is 10.6 Å². The predicted molar refractivity (Wildman–Crippen MR) is 86.6 cm³/mol. The molecular weight excluding hydrogens is 318 g/mol. The highest BCUT2D eigenvalue weighted by molar-refractivity contribution is 9.10. The molecule has 1 aliphatic rings. The van der Waals surface area contributed by atoms with Crippen molar-refractivity contribution in [2.24, 2.45) is 11.7 Å². The number of amidine groups is 1. The first-order valence-corrected chi connectivity index (χ1v) is 7.73. The molecule has 1 unspecified atom stereocenters. The van der Waals surface area contributed by atoms with E-state index in [0.29, 0.717) is 12.6 Å². The molecule has 1 aromatic rings. The molecule has 1 fully saturated rings. The first kappa shape index (κ1) is 15.3. The number of hydrogen-bond donors (Lipinski definition) is 2. The van der Waals surface area contributed by atoms with Crippen LogP contribution in [0, 0.1) is 11.3 Å². The van der Waals surface area contributed by atoms with Gasteiger partial charge in [0.05, 0.1) is 12.3 Å². The molecule has 0 aromatic heterocycles. The molecule has 4 nitrogen and oxygen atoms in total. The third kappa shape index (κ3) is 3.52. The zero-order valence-corrected chi connectivity index (χ0v) is 13.6. The first-order valence-electron chi connectivity index (χ1n) is 6.94. The Balaban J connectivity index is 2.25. The van der Waals surface area contributed by atoms with Gasteiger partial charge < -0.3 is 15.4 Å². The van der Waals surface area contributed by atoms with Crippen LogP contribution in [0.4, 0.5) is 5.69 Å². The second-order valence-corrected chi connectivity index (χ2v) is 6.20. The van der Waals surface area contributed by atoms with Crippen molar-refractivity contribution in [2.75, 3.05) is 25.2 Å². The van der Waals surface area contributed by atoms with Crippen LogP contribution in [0.5, 0.6) is 0 Å². The average Bonchev–Trinajstić information content (AvgIpc) is 3.24. The topological polar surface area (TPSA) is 62.3 Å². The molecule has 0 amide bonds. The van der Waals surface area contributed by atoms with Gasteiger partial charge in [0, 0.05) is 29.7 Å². The van der Waals surface area contributed by atoms with Crippen molar-refractivity contribution in [3.05, 3.63) is 28.2 Å². The zero-order chi connectivity index (χ0) is 14.7. The van der Waals surface area contributed by atoms with Gasteiger partial charge in [-0.05, 0) is 59.8 Å². The Labute approximate surface area is 128 Å². The second-order valence-electron chi connectivity index (χ2n) is 5.34. The fourth-order valence-electron chi connectivity index (χ4n) is 2.47. The first-order chi connectivity index (χ1) is 9.54. The average molecular weight is 340 g/mol. The Hall–Kier alpha value is -1.07. The highest BCUT2D eigenvalue weighted by Gasteiger charge is 2.32. The predicted octanol–water partition coefficient (Wildman–Crippen LogP) is 2.98. The summed E-state index contributed by atoms with van der Waals surface area (Å²) in [5.41, 5.74) is 7.42. The third-order valence-corrected chi connectivity index (χ3v) is 4.54. The molecule has 0 spiro atoms. The quantitative estimate of drug-likeness (QED) is 0.593. The molecule has 0 bridgehead atoms. The van der Waals surface area contributed by atoms with Crippen LogP contribution in [-0.2, 0) is 4.74 Å². The van der Waals surface area contributed by atoms with E-state index in [1.165, 1.54) is 12.8 Å². The van der Waals surface area contributed by atoms with Gasteiger partial charge in [0.15, 0.2) is 0 Å². The number of nitrogens with two attached hydrogens (primary N) is 1. The summed E-state index contributed by atoms with van der Waals surface area (Å²) in [5, 5.41) is 7.51. The molecule has 1 aromatic carbocycles. The van der Waals surface area contributed by atoms with E-state index in [9.17, 15) is 0 Å². The number of rotatable bonds is 7. The minimum atomic E-state index is 0.0935. The number of hydrogen-bond acceptors (Lipinski definition) is 3. The van der Waals surface area contributed by atoms with Gasteiger partial charge in [-0.1, -0.05) is 0 Å². The number of nitrogen functional groups attached to an aromatic ring is 1. The van der Waals surface area contributed by atoms with Crippen molar-refractivity contribution in [2.45, 2.75) is 25.8 Å². The van der Waals surface area contributed by atoms with E-state index in [0.717, 1.165) is 28.2 Å². The van der Waals surface area contributed by atoms with Crippen molar-refractivity contribution >= 4 is 27.5 Å². The summed E-state index contributed by atoms with van der Waals surface area (Å²) >= 11 is 3.61. The van der Waals surface area contributed by atoms with Crippen LogP contribution in [-0.4, -0.2) is 32.1 Å². The number of halogens is 1.